The topological polar surface area (TPSA) is 55.1 Å². The van der Waals surface area contributed by atoms with Crippen molar-refractivity contribution in [1.29, 1.82) is 0 Å². The third-order valence-corrected chi connectivity index (χ3v) is 6.79. The molecule has 0 saturated carbocycles. The van der Waals surface area contributed by atoms with Gasteiger partial charge in [0.25, 0.3) is 5.56 Å². The van der Waals surface area contributed by atoms with Crippen LogP contribution in [-0.2, 0) is 24.8 Å². The summed E-state index contributed by atoms with van der Waals surface area (Å²) in [5, 5.41) is 7.38. The second-order valence-corrected chi connectivity index (χ2v) is 8.72. The van der Waals surface area contributed by atoms with Gasteiger partial charge in [-0.15, -0.1) is 5.10 Å². The fourth-order valence-corrected chi connectivity index (χ4v) is 4.93. The first-order valence-corrected chi connectivity index (χ1v) is 10.8. The van der Waals surface area contributed by atoms with Gasteiger partial charge in [0.05, 0.1) is 5.69 Å². The molecule has 152 valence electrons. The van der Waals surface area contributed by atoms with Gasteiger partial charge in [-0.2, -0.15) is 0 Å². The highest BCUT2D eigenvalue weighted by Gasteiger charge is 2.38. The maximum atomic E-state index is 13.9. The van der Waals surface area contributed by atoms with Crippen LogP contribution in [-0.4, -0.2) is 19.2 Å². The zero-order valence-corrected chi connectivity index (χ0v) is 18.0. The molecule has 0 fully saturated rings. The van der Waals surface area contributed by atoms with Crippen molar-refractivity contribution in [3.05, 3.63) is 86.4 Å². The Morgan fingerprint density at radius 1 is 1.13 bits per heavy atom. The molecule has 0 bridgehead atoms. The minimum atomic E-state index is -0.254. The smallest absolute Gasteiger partial charge is 0.259 e. The van der Waals surface area contributed by atoms with Gasteiger partial charge in [0, 0.05) is 23.1 Å². The van der Waals surface area contributed by atoms with Crippen molar-refractivity contribution in [2.45, 2.75) is 45.1 Å². The number of H-pyrrole nitrogens is 1. The van der Waals surface area contributed by atoms with Crippen LogP contribution in [0, 0.1) is 4.77 Å². The fourth-order valence-electron chi connectivity index (χ4n) is 4.71. The Kier molecular flexibility index (Phi) is 4.47. The molecule has 6 heteroatoms. The summed E-state index contributed by atoms with van der Waals surface area (Å²) in [6.07, 6.45) is 2.48. The predicted molar refractivity (Wildman–Crippen MR) is 122 cm³/mol. The largest absolute Gasteiger partial charge is 0.276 e. The van der Waals surface area contributed by atoms with Crippen LogP contribution in [0.3, 0.4) is 0 Å². The highest BCUT2D eigenvalue weighted by molar-refractivity contribution is 7.71. The van der Waals surface area contributed by atoms with Crippen molar-refractivity contribution in [2.75, 3.05) is 0 Å². The van der Waals surface area contributed by atoms with Crippen LogP contribution in [0.2, 0.25) is 0 Å². The standard InChI is InChI=1S/C24H24N4OS/c1-3-24(2)15-17-11-7-8-12-18(17)20-19(24)21(29)27(22-25-26-23(30)28(20)22)14-13-16-9-5-4-6-10-16/h4-12H,3,13-15H2,1-2H3,(H,26,30)/t24-/m1/s1. The first kappa shape index (κ1) is 19.0. The van der Waals surface area contributed by atoms with E-state index in [2.05, 4.69) is 54.4 Å². The lowest BCUT2D eigenvalue weighted by Gasteiger charge is -2.36. The van der Waals surface area contributed by atoms with Crippen LogP contribution in [0.15, 0.2) is 59.4 Å². The number of aromatic nitrogens is 4. The lowest BCUT2D eigenvalue weighted by atomic mass is 9.69. The Bertz CT molecular complexity index is 1370. The third-order valence-electron chi connectivity index (χ3n) is 6.52. The highest BCUT2D eigenvalue weighted by atomic mass is 32.1. The van der Waals surface area contributed by atoms with Crippen molar-refractivity contribution >= 4 is 18.0 Å². The fraction of sp³-hybridized carbons (Fsp3) is 0.292. The maximum absolute atomic E-state index is 13.9. The number of hydrogen-bond acceptors (Lipinski definition) is 3. The van der Waals surface area contributed by atoms with Crippen LogP contribution in [0.1, 0.15) is 37.0 Å². The minimum Gasteiger partial charge on any atom is -0.276 e. The molecule has 0 amide bonds. The number of nitrogens with one attached hydrogen (secondary N) is 1. The van der Waals surface area contributed by atoms with E-state index >= 15 is 0 Å². The van der Waals surface area contributed by atoms with Crippen molar-refractivity contribution in [2.24, 2.45) is 0 Å². The number of fused-ring (bicyclic) bond motifs is 5. The van der Waals surface area contributed by atoms with E-state index in [1.807, 2.05) is 28.7 Å². The van der Waals surface area contributed by atoms with Crippen LogP contribution in [0.25, 0.3) is 17.0 Å². The molecule has 0 radical (unpaired) electrons. The van der Waals surface area contributed by atoms with E-state index < -0.39 is 0 Å². The lowest BCUT2D eigenvalue weighted by Crippen LogP contribution is -2.40. The molecule has 30 heavy (non-hydrogen) atoms. The van der Waals surface area contributed by atoms with Gasteiger partial charge in [-0.1, -0.05) is 68.4 Å². The molecule has 2 aromatic heterocycles. The number of nitrogens with zero attached hydrogens (tertiary/aromatic N) is 3. The summed E-state index contributed by atoms with van der Waals surface area (Å²) in [5.74, 6) is 0.579. The third kappa shape index (κ3) is 2.78. The second-order valence-electron chi connectivity index (χ2n) is 8.33. The number of hydrogen-bond donors (Lipinski definition) is 1. The zero-order valence-electron chi connectivity index (χ0n) is 17.2. The average Bonchev–Trinajstić information content (AvgIpc) is 3.15. The Balaban J connectivity index is 1.81. The zero-order chi connectivity index (χ0) is 20.9. The molecule has 4 aromatic rings. The van der Waals surface area contributed by atoms with E-state index in [0.29, 0.717) is 17.1 Å². The highest BCUT2D eigenvalue weighted by Crippen LogP contribution is 2.43. The molecule has 0 spiro atoms. The molecule has 1 aliphatic rings. The minimum absolute atomic E-state index is 0.0429. The van der Waals surface area contributed by atoms with Gasteiger partial charge < -0.3 is 0 Å². The van der Waals surface area contributed by atoms with Gasteiger partial charge >= 0.3 is 0 Å². The summed E-state index contributed by atoms with van der Waals surface area (Å²) in [7, 11) is 0. The van der Waals surface area contributed by atoms with Gasteiger partial charge in [0.2, 0.25) is 10.5 Å². The molecule has 2 heterocycles. The van der Waals surface area contributed by atoms with Crippen LogP contribution < -0.4 is 5.56 Å². The lowest BCUT2D eigenvalue weighted by molar-refractivity contribution is 0.434. The Labute approximate surface area is 180 Å². The molecular formula is C24H24N4OS. The van der Waals surface area contributed by atoms with E-state index in [9.17, 15) is 4.79 Å². The van der Waals surface area contributed by atoms with Crippen LogP contribution in [0.4, 0.5) is 0 Å². The van der Waals surface area contributed by atoms with E-state index in [1.54, 1.807) is 4.57 Å². The van der Waals surface area contributed by atoms with Gasteiger partial charge in [0.15, 0.2) is 0 Å². The van der Waals surface area contributed by atoms with Crippen molar-refractivity contribution < 1.29 is 0 Å². The van der Waals surface area contributed by atoms with Crippen molar-refractivity contribution in [1.82, 2.24) is 19.2 Å². The average molecular weight is 417 g/mol. The van der Waals surface area contributed by atoms with Crippen LogP contribution in [0.5, 0.6) is 0 Å². The first-order chi connectivity index (χ1) is 14.5. The number of rotatable bonds is 4. The van der Waals surface area contributed by atoms with Gasteiger partial charge in [0.1, 0.15) is 0 Å². The van der Waals surface area contributed by atoms with Crippen LogP contribution >= 0.6 is 12.2 Å². The van der Waals surface area contributed by atoms with Crippen molar-refractivity contribution in [3.63, 3.8) is 0 Å². The van der Waals surface area contributed by atoms with E-state index in [1.165, 1.54) is 11.1 Å². The SMILES string of the molecule is CC[C@]1(C)Cc2ccccc2-c2c1c(=O)n(CCc1ccccc1)c1n[nH]c(=S)n21. The predicted octanol–water partition coefficient (Wildman–Crippen LogP) is 4.69. The molecule has 5 rings (SSSR count). The summed E-state index contributed by atoms with van der Waals surface area (Å²) in [4.78, 5) is 13.9. The normalized spacial score (nSPS) is 17.7. The Morgan fingerprint density at radius 3 is 2.63 bits per heavy atom. The molecule has 0 aliphatic heterocycles. The quantitative estimate of drug-likeness (QED) is 0.491. The summed E-state index contributed by atoms with van der Waals surface area (Å²) in [5.41, 5.74) is 5.06. The Hall–Kier alpha value is -2.99. The molecular weight excluding hydrogens is 392 g/mol. The Morgan fingerprint density at radius 2 is 1.87 bits per heavy atom. The monoisotopic (exact) mass is 416 g/mol. The first-order valence-electron chi connectivity index (χ1n) is 10.4. The summed E-state index contributed by atoms with van der Waals surface area (Å²) in [6.45, 7) is 4.91. The number of aryl methyl sites for hydroxylation is 2. The number of aromatic amines is 1. The summed E-state index contributed by atoms with van der Waals surface area (Å²) < 4.78 is 4.27. The summed E-state index contributed by atoms with van der Waals surface area (Å²) >= 11 is 5.62. The molecule has 1 aliphatic carbocycles. The van der Waals surface area contributed by atoms with Gasteiger partial charge in [-0.25, -0.2) is 5.10 Å². The number of benzene rings is 2. The molecule has 2 aromatic carbocycles. The van der Waals surface area contributed by atoms with Gasteiger partial charge in [-0.05, 0) is 42.6 Å². The second kappa shape index (κ2) is 7.06. The van der Waals surface area contributed by atoms with E-state index in [4.69, 9.17) is 12.2 Å². The summed E-state index contributed by atoms with van der Waals surface area (Å²) in [6, 6.07) is 18.6. The van der Waals surface area contributed by atoms with E-state index in [0.717, 1.165) is 36.1 Å². The van der Waals surface area contributed by atoms with Gasteiger partial charge in [-0.3, -0.25) is 13.8 Å². The maximum Gasteiger partial charge on any atom is 0.259 e. The molecule has 0 saturated heterocycles. The molecule has 1 N–H and O–H groups in total. The van der Waals surface area contributed by atoms with Crippen molar-refractivity contribution in [3.8, 4) is 11.3 Å². The van der Waals surface area contributed by atoms with E-state index in [-0.39, 0.29) is 11.0 Å². The molecule has 1 atom stereocenters. The molecule has 5 nitrogen and oxygen atoms in total. The molecule has 0 unspecified atom stereocenters.